The molecule has 0 aromatic rings. The number of likely N-dealkylation sites (tertiary alicyclic amines) is 1. The second-order valence-corrected chi connectivity index (χ2v) is 3.02. The molecule has 1 radical (unpaired) electrons. The predicted molar refractivity (Wildman–Crippen MR) is 43.6 cm³/mol. The fraction of sp³-hybridized carbons (Fsp3) is 0.857. The lowest BCUT2D eigenvalue weighted by molar-refractivity contribution is 0.186. The number of nitrogens with one attached hydrogen (secondary N) is 1. The van der Waals surface area contributed by atoms with Gasteiger partial charge in [0.1, 0.15) is 13.1 Å². The zero-order chi connectivity index (χ0) is 8.27. The average molecular weight is 157 g/mol. The smallest absolute Gasteiger partial charge is 0.341 e. The van der Waals surface area contributed by atoms with E-state index in [0.29, 0.717) is 5.92 Å². The van der Waals surface area contributed by atoms with Gasteiger partial charge in [-0.15, -0.1) is 4.90 Å². The van der Waals surface area contributed by atoms with E-state index in [4.69, 9.17) is 16.2 Å². The molecule has 0 aromatic carbocycles. The Morgan fingerprint density at radius 3 is 3.00 bits per heavy atom. The lowest BCUT2D eigenvalue weighted by Gasteiger charge is -2.21. The largest absolute Gasteiger partial charge is 0.396 e. The Labute approximate surface area is 66.5 Å². The summed E-state index contributed by atoms with van der Waals surface area (Å²) in [6.45, 7) is 1.82. The van der Waals surface area contributed by atoms with Crippen LogP contribution in [0.3, 0.4) is 0 Å². The standard InChI is InChI=1S/C7H15N3O/c8-7(9)10-3-1-2-6(4-10)5-11/h6,11H,1-5H2,(H3,8,9)/q+1. The quantitative estimate of drug-likeness (QED) is 0.270. The molecule has 1 aliphatic rings. The summed E-state index contributed by atoms with van der Waals surface area (Å²) in [5.74, 6) is 0.441. The molecule has 4 N–H and O–H groups in total. The number of piperidine rings is 1. The van der Waals surface area contributed by atoms with E-state index in [9.17, 15) is 0 Å². The van der Waals surface area contributed by atoms with Gasteiger partial charge in [-0.05, 0) is 6.42 Å². The molecular weight excluding hydrogens is 142 g/mol. The molecule has 0 saturated carbocycles. The first-order valence-electron chi connectivity index (χ1n) is 3.94. The van der Waals surface area contributed by atoms with Crippen LogP contribution in [0.5, 0.6) is 0 Å². The van der Waals surface area contributed by atoms with E-state index in [1.807, 2.05) is 4.90 Å². The third kappa shape index (κ3) is 2.17. The van der Waals surface area contributed by atoms with E-state index in [-0.39, 0.29) is 12.6 Å². The van der Waals surface area contributed by atoms with E-state index in [2.05, 4.69) is 0 Å². The Morgan fingerprint density at radius 2 is 2.45 bits per heavy atom. The topological polar surface area (TPSA) is 76.0 Å². The number of nitrogens with two attached hydrogens (primary N) is 1. The van der Waals surface area contributed by atoms with Gasteiger partial charge in [-0.1, -0.05) is 0 Å². The third-order valence-corrected chi connectivity index (χ3v) is 2.12. The fourth-order valence-corrected chi connectivity index (χ4v) is 1.43. The minimum atomic E-state index is 0.128. The van der Waals surface area contributed by atoms with Crippen molar-refractivity contribution in [3.8, 4) is 0 Å². The molecule has 1 rings (SSSR count). The molecule has 4 nitrogen and oxygen atoms in total. The molecule has 1 unspecified atom stereocenters. The minimum Gasteiger partial charge on any atom is -0.396 e. The summed E-state index contributed by atoms with van der Waals surface area (Å²) in [7, 11) is 0. The Balaban J connectivity index is 2.39. The first-order valence-corrected chi connectivity index (χ1v) is 3.94. The predicted octanol–water partition coefficient (Wildman–Crippen LogP) is -0.578. The lowest BCUT2D eigenvalue weighted by atomic mass is 9.99. The second kappa shape index (κ2) is 3.69. The van der Waals surface area contributed by atoms with Crippen LogP contribution in [0.25, 0.3) is 0 Å². The highest BCUT2D eigenvalue weighted by atomic mass is 16.3. The molecule has 4 heteroatoms. The summed E-state index contributed by atoms with van der Waals surface area (Å²) in [5, 5.41) is 16.0. The first kappa shape index (κ1) is 8.49. The van der Waals surface area contributed by atoms with E-state index >= 15 is 0 Å². The van der Waals surface area contributed by atoms with Crippen molar-refractivity contribution >= 4 is 5.96 Å². The maximum atomic E-state index is 8.85. The van der Waals surface area contributed by atoms with Gasteiger partial charge in [-0.3, -0.25) is 0 Å². The van der Waals surface area contributed by atoms with Crippen LogP contribution in [-0.4, -0.2) is 30.8 Å². The number of aliphatic hydroxyl groups excluding tert-OH is 1. The van der Waals surface area contributed by atoms with E-state index in [0.717, 1.165) is 25.9 Å². The molecular formula is C7H15N3O+. The van der Waals surface area contributed by atoms with Crippen molar-refractivity contribution in [3.63, 3.8) is 0 Å². The molecule has 1 heterocycles. The highest BCUT2D eigenvalue weighted by Crippen LogP contribution is 2.12. The van der Waals surface area contributed by atoms with Crippen molar-refractivity contribution in [2.24, 2.45) is 11.7 Å². The van der Waals surface area contributed by atoms with Crippen molar-refractivity contribution in [1.29, 1.82) is 5.41 Å². The summed E-state index contributed by atoms with van der Waals surface area (Å²) < 4.78 is 0. The van der Waals surface area contributed by atoms with Gasteiger partial charge in [0.05, 0.1) is 6.61 Å². The summed E-state index contributed by atoms with van der Waals surface area (Å²) in [4.78, 5) is 1.81. The Kier molecular flexibility index (Phi) is 2.84. The van der Waals surface area contributed by atoms with Gasteiger partial charge in [-0.25, -0.2) is 5.41 Å². The van der Waals surface area contributed by atoms with E-state index < -0.39 is 0 Å². The highest BCUT2D eigenvalue weighted by Gasteiger charge is 2.29. The van der Waals surface area contributed by atoms with Gasteiger partial charge < -0.3 is 10.8 Å². The number of hydrogen-bond donors (Lipinski definition) is 3. The number of hydrogen-bond acceptors (Lipinski definition) is 2. The van der Waals surface area contributed by atoms with Crippen molar-refractivity contribution < 1.29 is 5.11 Å². The van der Waals surface area contributed by atoms with Crippen LogP contribution in [-0.2, 0) is 0 Å². The molecule has 0 amide bonds. The van der Waals surface area contributed by atoms with Gasteiger partial charge in [0.15, 0.2) is 0 Å². The number of rotatable bonds is 1. The molecule has 0 aromatic heterocycles. The molecule has 0 aliphatic carbocycles. The molecule has 11 heavy (non-hydrogen) atoms. The lowest BCUT2D eigenvalue weighted by Crippen LogP contribution is -2.48. The molecule has 1 aliphatic heterocycles. The molecule has 1 saturated heterocycles. The Morgan fingerprint density at radius 1 is 1.73 bits per heavy atom. The maximum absolute atomic E-state index is 8.85. The Bertz CT molecular complexity index is 149. The van der Waals surface area contributed by atoms with Gasteiger partial charge >= 0.3 is 5.96 Å². The average Bonchev–Trinajstić information content (AvgIpc) is 2.05. The van der Waals surface area contributed by atoms with Crippen LogP contribution in [0, 0.1) is 11.3 Å². The van der Waals surface area contributed by atoms with Crippen LogP contribution in [0.15, 0.2) is 0 Å². The van der Waals surface area contributed by atoms with Crippen LogP contribution in [0.2, 0.25) is 0 Å². The van der Waals surface area contributed by atoms with Crippen molar-refractivity contribution in [2.75, 3.05) is 19.7 Å². The van der Waals surface area contributed by atoms with Crippen LogP contribution >= 0.6 is 0 Å². The number of aliphatic hydroxyl groups is 1. The van der Waals surface area contributed by atoms with Crippen molar-refractivity contribution in [1.82, 2.24) is 4.90 Å². The van der Waals surface area contributed by atoms with Crippen molar-refractivity contribution in [3.05, 3.63) is 0 Å². The van der Waals surface area contributed by atoms with Crippen LogP contribution < -0.4 is 10.6 Å². The minimum absolute atomic E-state index is 0.128. The Hall–Kier alpha value is -0.610. The molecule has 0 bridgehead atoms. The third-order valence-electron chi connectivity index (χ3n) is 2.12. The van der Waals surface area contributed by atoms with Crippen LogP contribution in [0.1, 0.15) is 12.8 Å². The summed E-state index contributed by atoms with van der Waals surface area (Å²) >= 11 is 0. The van der Waals surface area contributed by atoms with E-state index in [1.165, 1.54) is 0 Å². The van der Waals surface area contributed by atoms with Crippen LogP contribution in [0.4, 0.5) is 0 Å². The molecule has 0 spiro atoms. The number of guanidine groups is 1. The fourth-order valence-electron chi connectivity index (χ4n) is 1.43. The van der Waals surface area contributed by atoms with E-state index in [1.54, 1.807) is 0 Å². The van der Waals surface area contributed by atoms with Crippen molar-refractivity contribution in [2.45, 2.75) is 12.8 Å². The normalized spacial score (nSPS) is 26.8. The number of nitrogens with zero attached hydrogens (tertiary/aromatic N) is 1. The molecule has 63 valence electrons. The van der Waals surface area contributed by atoms with Gasteiger partial charge in [0.2, 0.25) is 0 Å². The summed E-state index contributed by atoms with van der Waals surface area (Å²) in [6, 6.07) is 0. The molecule has 1 atom stereocenters. The van der Waals surface area contributed by atoms with Gasteiger partial charge in [0, 0.05) is 12.3 Å². The summed E-state index contributed by atoms with van der Waals surface area (Å²) in [5.41, 5.74) is 5.31. The second-order valence-electron chi connectivity index (χ2n) is 3.02. The SMILES string of the molecule is N=C(N)[N+]1CCCC(CO)C1. The first-order chi connectivity index (χ1) is 5.24. The zero-order valence-electron chi connectivity index (χ0n) is 6.58. The maximum Gasteiger partial charge on any atom is 0.341 e. The summed E-state index contributed by atoms with van der Waals surface area (Å²) in [6.07, 6.45) is 2.09. The highest BCUT2D eigenvalue weighted by molar-refractivity contribution is 5.77. The monoisotopic (exact) mass is 157 g/mol. The van der Waals surface area contributed by atoms with Gasteiger partial charge in [-0.2, -0.15) is 0 Å². The van der Waals surface area contributed by atoms with Gasteiger partial charge in [0.25, 0.3) is 0 Å². The zero-order valence-corrected chi connectivity index (χ0v) is 6.58. The molecule has 1 fully saturated rings.